The van der Waals surface area contributed by atoms with Gasteiger partial charge in [-0.05, 0) is 41.5 Å². The lowest BCUT2D eigenvalue weighted by molar-refractivity contribution is -0.139. The van der Waals surface area contributed by atoms with Gasteiger partial charge in [-0.2, -0.15) is 5.10 Å². The van der Waals surface area contributed by atoms with Crippen LogP contribution in [-0.2, 0) is 17.8 Å². The number of aliphatic carboxylic acids is 1. The molecule has 1 amide bonds. The fourth-order valence-corrected chi connectivity index (χ4v) is 3.28. The van der Waals surface area contributed by atoms with Crippen LogP contribution < -0.4 is 10.1 Å². The van der Waals surface area contributed by atoms with Crippen LogP contribution in [-0.4, -0.2) is 38.2 Å². The highest BCUT2D eigenvalue weighted by Gasteiger charge is 2.21. The minimum atomic E-state index is -1.09. The number of carboxylic acid groups (broad SMARTS) is 1. The van der Waals surface area contributed by atoms with E-state index in [0.717, 1.165) is 22.5 Å². The summed E-state index contributed by atoms with van der Waals surface area (Å²) in [5.74, 6) is -0.953. The predicted molar refractivity (Wildman–Crippen MR) is 122 cm³/mol. The Hall–Kier alpha value is -4.46. The summed E-state index contributed by atoms with van der Waals surface area (Å²) in [5.41, 5.74) is 3.53. The van der Waals surface area contributed by atoms with Crippen molar-refractivity contribution in [3.05, 3.63) is 102 Å². The van der Waals surface area contributed by atoms with Crippen molar-refractivity contribution in [2.24, 2.45) is 0 Å². The Morgan fingerprint density at radius 2 is 1.82 bits per heavy atom. The van der Waals surface area contributed by atoms with Gasteiger partial charge in [0.15, 0.2) is 0 Å². The molecular formula is C25H22N4O4. The molecule has 8 heteroatoms. The van der Waals surface area contributed by atoms with Gasteiger partial charge < -0.3 is 15.2 Å². The molecule has 1 atom stereocenters. The van der Waals surface area contributed by atoms with Crippen LogP contribution in [0.25, 0.3) is 11.4 Å². The molecule has 2 aromatic carbocycles. The zero-order valence-corrected chi connectivity index (χ0v) is 17.6. The van der Waals surface area contributed by atoms with Gasteiger partial charge in [0.05, 0.1) is 17.6 Å². The minimum Gasteiger partial charge on any atom is -0.487 e. The first-order valence-corrected chi connectivity index (χ1v) is 10.3. The molecule has 0 radical (unpaired) electrons. The van der Waals surface area contributed by atoms with Crippen LogP contribution in [0, 0.1) is 0 Å². The second kappa shape index (κ2) is 10.2. The van der Waals surface area contributed by atoms with E-state index in [-0.39, 0.29) is 13.0 Å². The summed E-state index contributed by atoms with van der Waals surface area (Å²) in [6.07, 6.45) is 3.48. The summed E-state index contributed by atoms with van der Waals surface area (Å²) in [7, 11) is 0. The lowest BCUT2D eigenvalue weighted by Gasteiger charge is -2.15. The van der Waals surface area contributed by atoms with Gasteiger partial charge in [0.2, 0.25) is 0 Å². The van der Waals surface area contributed by atoms with Gasteiger partial charge >= 0.3 is 5.97 Å². The number of H-pyrrole nitrogens is 1. The first kappa shape index (κ1) is 21.8. The Balaban J connectivity index is 1.37. The lowest BCUT2D eigenvalue weighted by atomic mass is 10.0. The Kier molecular flexibility index (Phi) is 6.75. The van der Waals surface area contributed by atoms with Crippen molar-refractivity contribution in [1.29, 1.82) is 0 Å². The molecule has 4 rings (SSSR count). The molecule has 0 aliphatic heterocycles. The summed E-state index contributed by atoms with van der Waals surface area (Å²) >= 11 is 0. The van der Waals surface area contributed by atoms with Gasteiger partial charge in [-0.3, -0.25) is 14.9 Å². The zero-order chi connectivity index (χ0) is 23.0. The number of carboxylic acids is 1. The number of hydrogen-bond acceptors (Lipinski definition) is 5. The molecule has 0 bridgehead atoms. The number of pyridine rings is 1. The number of carbonyl (C=O) groups is 2. The molecule has 4 aromatic rings. The van der Waals surface area contributed by atoms with Gasteiger partial charge in [0.1, 0.15) is 18.4 Å². The molecule has 0 saturated heterocycles. The molecule has 0 aliphatic rings. The average molecular weight is 442 g/mol. The van der Waals surface area contributed by atoms with Crippen LogP contribution in [0.5, 0.6) is 5.75 Å². The van der Waals surface area contributed by atoms with Gasteiger partial charge in [-0.15, -0.1) is 0 Å². The van der Waals surface area contributed by atoms with Gasteiger partial charge in [0, 0.05) is 18.2 Å². The van der Waals surface area contributed by atoms with Gasteiger partial charge in [0.25, 0.3) is 5.91 Å². The number of ether oxygens (including phenoxy) is 1. The van der Waals surface area contributed by atoms with Crippen molar-refractivity contribution in [2.75, 3.05) is 0 Å². The second-order valence-electron chi connectivity index (χ2n) is 7.39. The number of hydrogen-bond donors (Lipinski definition) is 3. The molecule has 2 heterocycles. The smallest absolute Gasteiger partial charge is 0.326 e. The molecule has 0 fully saturated rings. The third kappa shape index (κ3) is 5.82. The summed E-state index contributed by atoms with van der Waals surface area (Å²) in [6, 6.07) is 20.5. The Morgan fingerprint density at radius 1 is 1.00 bits per heavy atom. The fraction of sp³-hybridized carbons (Fsp3) is 0.120. The largest absolute Gasteiger partial charge is 0.487 e. The maximum atomic E-state index is 12.7. The first-order chi connectivity index (χ1) is 16.1. The van der Waals surface area contributed by atoms with Crippen LogP contribution in [0.15, 0.2) is 85.2 Å². The van der Waals surface area contributed by atoms with Gasteiger partial charge in [-0.1, -0.05) is 42.5 Å². The van der Waals surface area contributed by atoms with Crippen molar-refractivity contribution >= 4 is 11.9 Å². The maximum absolute atomic E-state index is 12.7. The highest BCUT2D eigenvalue weighted by molar-refractivity contribution is 5.96. The van der Waals surface area contributed by atoms with Crippen LogP contribution in [0.4, 0.5) is 0 Å². The Morgan fingerprint density at radius 3 is 2.52 bits per heavy atom. The first-order valence-electron chi connectivity index (χ1n) is 10.3. The fourth-order valence-electron chi connectivity index (χ4n) is 3.28. The topological polar surface area (TPSA) is 117 Å². The molecule has 0 unspecified atom stereocenters. The monoisotopic (exact) mass is 442 g/mol. The van der Waals surface area contributed by atoms with E-state index >= 15 is 0 Å². The number of amides is 1. The van der Waals surface area contributed by atoms with E-state index in [2.05, 4.69) is 20.5 Å². The van der Waals surface area contributed by atoms with E-state index in [9.17, 15) is 14.7 Å². The number of carbonyl (C=O) groups excluding carboxylic acids is 1. The second-order valence-corrected chi connectivity index (χ2v) is 7.39. The van der Waals surface area contributed by atoms with E-state index in [0.29, 0.717) is 11.3 Å². The number of aromatic amines is 1. The van der Waals surface area contributed by atoms with Crippen molar-refractivity contribution in [3.8, 4) is 17.1 Å². The summed E-state index contributed by atoms with van der Waals surface area (Å²) in [4.78, 5) is 28.7. The number of aromatic nitrogens is 3. The van der Waals surface area contributed by atoms with Crippen LogP contribution >= 0.6 is 0 Å². The molecule has 33 heavy (non-hydrogen) atoms. The molecule has 0 aliphatic carbocycles. The molecule has 166 valence electrons. The summed E-state index contributed by atoms with van der Waals surface area (Å²) in [6.45, 7) is 0.235. The van der Waals surface area contributed by atoms with Crippen molar-refractivity contribution in [3.63, 3.8) is 0 Å². The molecule has 3 N–H and O–H groups in total. The van der Waals surface area contributed by atoms with Crippen LogP contribution in [0.3, 0.4) is 0 Å². The van der Waals surface area contributed by atoms with E-state index < -0.39 is 17.9 Å². The van der Waals surface area contributed by atoms with Crippen LogP contribution in [0.1, 0.15) is 21.5 Å². The molecule has 0 saturated carbocycles. The average Bonchev–Trinajstić information content (AvgIpc) is 3.38. The Bertz CT molecular complexity index is 1210. The molecule has 0 spiro atoms. The summed E-state index contributed by atoms with van der Waals surface area (Å²) < 4.78 is 5.78. The highest BCUT2D eigenvalue weighted by Crippen LogP contribution is 2.18. The quantitative estimate of drug-likeness (QED) is 0.365. The maximum Gasteiger partial charge on any atom is 0.326 e. The van der Waals surface area contributed by atoms with E-state index in [1.807, 2.05) is 48.5 Å². The van der Waals surface area contributed by atoms with Crippen molar-refractivity contribution in [1.82, 2.24) is 20.5 Å². The van der Waals surface area contributed by atoms with E-state index in [1.54, 1.807) is 36.7 Å². The van der Waals surface area contributed by atoms with Crippen molar-refractivity contribution in [2.45, 2.75) is 19.1 Å². The normalized spacial score (nSPS) is 11.5. The third-order valence-corrected chi connectivity index (χ3v) is 4.99. The van der Waals surface area contributed by atoms with Crippen molar-refractivity contribution < 1.29 is 19.4 Å². The SMILES string of the molecule is O=C(N[C@@H](Cc1ccccc1)C(=O)O)c1cccc(COc2ccc(-c3ccn[nH]3)nc2)c1. The predicted octanol–water partition coefficient (Wildman–Crippen LogP) is 3.48. The third-order valence-electron chi connectivity index (χ3n) is 4.99. The number of rotatable bonds is 9. The lowest BCUT2D eigenvalue weighted by Crippen LogP contribution is -2.42. The van der Waals surface area contributed by atoms with Crippen LogP contribution in [0.2, 0.25) is 0 Å². The number of benzene rings is 2. The molecule has 2 aromatic heterocycles. The van der Waals surface area contributed by atoms with Gasteiger partial charge in [-0.25, -0.2) is 4.79 Å². The van der Waals surface area contributed by atoms with E-state index in [4.69, 9.17) is 4.74 Å². The highest BCUT2D eigenvalue weighted by atomic mass is 16.5. The molecular weight excluding hydrogens is 420 g/mol. The minimum absolute atomic E-state index is 0.201. The number of nitrogens with zero attached hydrogens (tertiary/aromatic N) is 2. The number of nitrogens with one attached hydrogen (secondary N) is 2. The molecule has 8 nitrogen and oxygen atoms in total. The van der Waals surface area contributed by atoms with E-state index in [1.165, 1.54) is 0 Å². The summed E-state index contributed by atoms with van der Waals surface area (Å²) in [5, 5.41) is 18.9. The zero-order valence-electron chi connectivity index (χ0n) is 17.6. The standard InChI is InChI=1S/C25H22N4O4/c30-24(28-23(25(31)32)14-17-5-2-1-3-6-17)19-8-4-7-18(13-19)16-33-20-9-10-21(26-15-20)22-11-12-27-29-22/h1-13,15,23H,14,16H2,(H,27,29)(H,28,30)(H,31,32)/t23-/m0/s1. The Labute approximate surface area is 190 Å².